The molecule has 0 fully saturated rings. The number of nitrogens with zero attached hydrogens (tertiary/aromatic N) is 3. The fraction of sp³-hybridized carbons (Fsp3) is 0.667. The molecule has 0 saturated heterocycles. The number of hydrogen-bond acceptors (Lipinski definition) is 9. The van der Waals surface area contributed by atoms with Crippen molar-refractivity contribution in [2.24, 2.45) is 0 Å². The van der Waals surface area contributed by atoms with Crippen LogP contribution in [0.2, 0.25) is 0 Å². The van der Waals surface area contributed by atoms with Crippen LogP contribution in [0.25, 0.3) is 0 Å². The molecule has 0 unspecified atom stereocenters. The summed E-state index contributed by atoms with van der Waals surface area (Å²) in [5.74, 6) is 0.357. The first-order valence-corrected chi connectivity index (χ1v) is 11.8. The van der Waals surface area contributed by atoms with E-state index in [0.29, 0.717) is 31.3 Å². The highest BCUT2D eigenvalue weighted by atomic mass is 31.2. The molecule has 0 aromatic carbocycles. The topological polar surface area (TPSA) is 215 Å². The number of ether oxygens (including phenoxy) is 1. The Morgan fingerprint density at radius 3 is 2.54 bits per heavy atom. The van der Waals surface area contributed by atoms with Crippen LogP contribution in [0.3, 0.4) is 0 Å². The molecule has 0 amide bonds. The van der Waals surface area contributed by atoms with Crippen molar-refractivity contribution >= 4 is 32.6 Å². The highest BCUT2D eigenvalue weighted by Crippen LogP contribution is 2.34. The van der Waals surface area contributed by atoms with Crippen LogP contribution in [-0.4, -0.2) is 86.4 Å². The van der Waals surface area contributed by atoms with Crippen LogP contribution in [-0.2, 0) is 13.9 Å². The SMILES string of the molecule is Nc1nc2c(c(=O)[nH]1)NCN2CCN(CCOCP(=O)(O)O)CCP(=O)(O)O. The maximum absolute atomic E-state index is 11.8. The lowest BCUT2D eigenvalue weighted by Crippen LogP contribution is -2.38. The normalized spacial score (nSPS) is 14.4. The van der Waals surface area contributed by atoms with E-state index in [1.807, 2.05) is 0 Å². The van der Waals surface area contributed by atoms with E-state index < -0.39 is 27.1 Å². The van der Waals surface area contributed by atoms with E-state index >= 15 is 0 Å². The lowest BCUT2D eigenvalue weighted by atomic mass is 10.4. The Hall–Kier alpha value is -1.50. The predicted octanol–water partition coefficient (Wildman–Crippen LogP) is -1.83. The minimum Gasteiger partial charge on any atom is -0.369 e. The number of nitrogens with one attached hydrogen (secondary N) is 2. The summed E-state index contributed by atoms with van der Waals surface area (Å²) in [6.45, 7) is 1.27. The number of aromatic amines is 1. The number of H-pyrrole nitrogens is 1. The number of aromatic nitrogens is 2. The first kappa shape index (κ1) is 22.8. The van der Waals surface area contributed by atoms with E-state index in [-0.39, 0.29) is 31.8 Å². The molecule has 14 nitrogen and oxygen atoms in total. The molecule has 0 spiro atoms. The maximum atomic E-state index is 11.8. The average Bonchev–Trinajstić information content (AvgIpc) is 2.94. The second-order valence-corrected chi connectivity index (χ2v) is 9.54. The van der Waals surface area contributed by atoms with Crippen molar-refractivity contribution in [3.63, 3.8) is 0 Å². The number of hydrogen-bond donors (Lipinski definition) is 7. The average molecular weight is 442 g/mol. The molecule has 160 valence electrons. The van der Waals surface area contributed by atoms with Gasteiger partial charge in [0.05, 0.1) is 19.4 Å². The van der Waals surface area contributed by atoms with E-state index in [1.165, 1.54) is 0 Å². The van der Waals surface area contributed by atoms with Crippen LogP contribution in [0, 0.1) is 0 Å². The zero-order chi connectivity index (χ0) is 20.9. The van der Waals surface area contributed by atoms with Gasteiger partial charge in [0, 0.05) is 26.2 Å². The van der Waals surface area contributed by atoms with Crippen molar-refractivity contribution in [3.8, 4) is 0 Å². The zero-order valence-electron chi connectivity index (χ0n) is 14.9. The van der Waals surface area contributed by atoms with Crippen molar-refractivity contribution in [2.45, 2.75) is 0 Å². The predicted molar refractivity (Wildman–Crippen MR) is 101 cm³/mol. The molecule has 1 aliphatic rings. The summed E-state index contributed by atoms with van der Waals surface area (Å²) < 4.78 is 26.9. The molecule has 0 aliphatic carbocycles. The quantitative estimate of drug-likeness (QED) is 0.148. The van der Waals surface area contributed by atoms with Gasteiger partial charge in [-0.05, 0) is 0 Å². The zero-order valence-corrected chi connectivity index (χ0v) is 16.7. The van der Waals surface area contributed by atoms with Crippen LogP contribution in [0.4, 0.5) is 17.5 Å². The van der Waals surface area contributed by atoms with Gasteiger partial charge >= 0.3 is 15.2 Å². The Morgan fingerprint density at radius 1 is 1.18 bits per heavy atom. The largest absolute Gasteiger partial charge is 0.369 e. The monoisotopic (exact) mass is 442 g/mol. The second kappa shape index (κ2) is 9.33. The number of anilines is 3. The van der Waals surface area contributed by atoms with Crippen LogP contribution in [0.5, 0.6) is 0 Å². The molecule has 0 saturated carbocycles. The Morgan fingerprint density at radius 2 is 1.89 bits per heavy atom. The summed E-state index contributed by atoms with van der Waals surface area (Å²) in [6, 6.07) is 0. The summed E-state index contributed by atoms with van der Waals surface area (Å²) in [4.78, 5) is 57.5. The second-order valence-electron chi connectivity index (χ2n) is 6.18. The summed E-state index contributed by atoms with van der Waals surface area (Å²) in [5, 5.41) is 2.90. The first-order valence-electron chi connectivity index (χ1n) is 8.22. The van der Waals surface area contributed by atoms with Gasteiger partial charge in [0.1, 0.15) is 12.0 Å². The van der Waals surface area contributed by atoms with Gasteiger partial charge in [-0.3, -0.25) is 23.8 Å². The van der Waals surface area contributed by atoms with Gasteiger partial charge in [-0.15, -0.1) is 0 Å². The molecule has 2 rings (SSSR count). The van der Waals surface area contributed by atoms with Crippen molar-refractivity contribution in [3.05, 3.63) is 10.4 Å². The third-order valence-electron chi connectivity index (χ3n) is 3.87. The summed E-state index contributed by atoms with van der Waals surface area (Å²) >= 11 is 0. The Bertz CT molecular complexity index is 823. The minimum atomic E-state index is -4.28. The molecule has 0 bridgehead atoms. The summed E-state index contributed by atoms with van der Waals surface area (Å²) in [6.07, 6.45) is -1.10. The molecule has 8 N–H and O–H groups in total. The van der Waals surface area contributed by atoms with E-state index in [9.17, 15) is 13.9 Å². The minimum absolute atomic E-state index is 0.0219. The molecular formula is C12H24N6O8P2. The van der Waals surface area contributed by atoms with E-state index in [2.05, 4.69) is 15.3 Å². The van der Waals surface area contributed by atoms with Crippen LogP contribution in [0.1, 0.15) is 0 Å². The van der Waals surface area contributed by atoms with Gasteiger partial charge in [0.15, 0.2) is 5.82 Å². The standard InChI is InChI=1S/C12H24N6O8P2/c13-12-15-10-9(11(19)16-12)14-7-18(10)2-1-17(4-6-27(20,21)22)3-5-26-8-28(23,24)25/h14H,1-8H2,(H2,20,21,22)(H2,23,24,25)(H3,13,15,16,19). The number of nitrogens with two attached hydrogens (primary N) is 1. The molecule has 1 aromatic rings. The highest BCUT2D eigenvalue weighted by Gasteiger charge is 2.24. The Balaban J connectivity index is 1.94. The molecule has 28 heavy (non-hydrogen) atoms. The van der Waals surface area contributed by atoms with E-state index in [0.717, 1.165) is 0 Å². The maximum Gasteiger partial charge on any atom is 0.350 e. The van der Waals surface area contributed by atoms with E-state index in [1.54, 1.807) is 9.80 Å². The number of rotatable bonds is 11. The fourth-order valence-electron chi connectivity index (χ4n) is 2.55. The van der Waals surface area contributed by atoms with Crippen molar-refractivity contribution in [1.82, 2.24) is 14.9 Å². The molecular weight excluding hydrogens is 418 g/mol. The van der Waals surface area contributed by atoms with Gasteiger partial charge < -0.3 is 40.3 Å². The molecule has 1 aliphatic heterocycles. The van der Waals surface area contributed by atoms with Gasteiger partial charge in [-0.25, -0.2) is 0 Å². The lowest BCUT2D eigenvalue weighted by molar-refractivity contribution is 0.125. The van der Waals surface area contributed by atoms with Crippen molar-refractivity contribution in [2.75, 3.05) is 67.9 Å². The molecule has 0 atom stereocenters. The smallest absolute Gasteiger partial charge is 0.350 e. The van der Waals surface area contributed by atoms with Crippen molar-refractivity contribution in [1.29, 1.82) is 0 Å². The van der Waals surface area contributed by atoms with Gasteiger partial charge in [0.25, 0.3) is 5.56 Å². The lowest BCUT2D eigenvalue weighted by Gasteiger charge is -2.25. The third kappa shape index (κ3) is 7.49. The molecule has 16 heteroatoms. The summed E-state index contributed by atoms with van der Waals surface area (Å²) in [7, 11) is -8.49. The third-order valence-corrected chi connectivity index (χ3v) is 5.17. The first-order chi connectivity index (χ1) is 12.9. The number of fused-ring (bicyclic) bond motifs is 1. The van der Waals surface area contributed by atoms with Gasteiger partial charge in [0.2, 0.25) is 5.95 Å². The van der Waals surface area contributed by atoms with Crippen LogP contribution < -0.4 is 21.5 Å². The van der Waals surface area contributed by atoms with Crippen molar-refractivity contribution < 1.29 is 33.4 Å². The van der Waals surface area contributed by atoms with Gasteiger partial charge in [-0.1, -0.05) is 0 Å². The molecule has 1 aromatic heterocycles. The Kier molecular flexibility index (Phi) is 7.59. The highest BCUT2D eigenvalue weighted by molar-refractivity contribution is 7.51. The Labute approximate surface area is 160 Å². The van der Waals surface area contributed by atoms with E-state index in [4.69, 9.17) is 30.0 Å². The molecule has 0 radical (unpaired) electrons. The van der Waals surface area contributed by atoms with Crippen LogP contribution in [0.15, 0.2) is 4.79 Å². The van der Waals surface area contributed by atoms with Crippen LogP contribution >= 0.6 is 15.2 Å². The molecule has 2 heterocycles. The number of nitrogen functional groups attached to an aromatic ring is 1. The van der Waals surface area contributed by atoms with Gasteiger partial charge in [-0.2, -0.15) is 4.98 Å². The summed E-state index contributed by atoms with van der Waals surface area (Å²) in [5.41, 5.74) is 5.46. The fourth-order valence-corrected chi connectivity index (χ4v) is 3.46.